The first-order valence-electron chi connectivity index (χ1n) is 5.75. The number of ether oxygens (including phenoxy) is 1. The van der Waals surface area contributed by atoms with E-state index in [0.717, 1.165) is 0 Å². The van der Waals surface area contributed by atoms with E-state index in [0.29, 0.717) is 11.4 Å². The summed E-state index contributed by atoms with van der Waals surface area (Å²) in [5.41, 5.74) is 0.961. The molecule has 0 aliphatic carbocycles. The van der Waals surface area contributed by atoms with E-state index in [9.17, 15) is 9.18 Å². The summed E-state index contributed by atoms with van der Waals surface area (Å²) in [5, 5.41) is 6.97. The second-order valence-corrected chi connectivity index (χ2v) is 4.01. The summed E-state index contributed by atoms with van der Waals surface area (Å²) in [6, 6.07) is 5.82. The molecule has 0 saturated heterocycles. The number of benzene rings is 1. The lowest BCUT2D eigenvalue weighted by Crippen LogP contribution is -2.26. The number of rotatable bonds is 4. The SMILES string of the molecule is COC(=O)C(C)Nc1cnn(-c2ccccc2F)c1. The normalized spacial score (nSPS) is 11.9. The molecule has 2 aromatic rings. The van der Waals surface area contributed by atoms with Crippen LogP contribution in [0.2, 0.25) is 0 Å². The fourth-order valence-corrected chi connectivity index (χ4v) is 1.65. The fraction of sp³-hybridized carbons (Fsp3) is 0.231. The van der Waals surface area contributed by atoms with Gasteiger partial charge >= 0.3 is 5.97 Å². The van der Waals surface area contributed by atoms with Crippen LogP contribution in [-0.4, -0.2) is 28.9 Å². The average Bonchev–Trinajstić information content (AvgIpc) is 2.86. The van der Waals surface area contributed by atoms with Gasteiger partial charge in [-0.15, -0.1) is 0 Å². The smallest absolute Gasteiger partial charge is 0.327 e. The molecule has 0 aliphatic heterocycles. The van der Waals surface area contributed by atoms with Crippen molar-refractivity contribution in [2.45, 2.75) is 13.0 Å². The number of halogens is 1. The number of hydrogen-bond acceptors (Lipinski definition) is 4. The fourth-order valence-electron chi connectivity index (χ4n) is 1.65. The molecule has 0 bridgehead atoms. The third-order valence-electron chi connectivity index (χ3n) is 2.62. The highest BCUT2D eigenvalue weighted by atomic mass is 19.1. The predicted molar refractivity (Wildman–Crippen MR) is 68.6 cm³/mol. The van der Waals surface area contributed by atoms with Crippen molar-refractivity contribution in [3.8, 4) is 5.69 Å². The van der Waals surface area contributed by atoms with Gasteiger partial charge in [-0.05, 0) is 19.1 Å². The lowest BCUT2D eigenvalue weighted by Gasteiger charge is -2.10. The number of hydrogen-bond donors (Lipinski definition) is 1. The van der Waals surface area contributed by atoms with Gasteiger partial charge in [-0.25, -0.2) is 13.9 Å². The summed E-state index contributed by atoms with van der Waals surface area (Å²) in [6.45, 7) is 1.67. The van der Waals surface area contributed by atoms with E-state index in [1.54, 1.807) is 31.3 Å². The van der Waals surface area contributed by atoms with Crippen LogP contribution in [0.3, 0.4) is 0 Å². The van der Waals surface area contributed by atoms with Crippen molar-refractivity contribution in [1.29, 1.82) is 0 Å². The third-order valence-corrected chi connectivity index (χ3v) is 2.62. The molecule has 0 fully saturated rings. The Morgan fingerprint density at radius 2 is 2.21 bits per heavy atom. The third kappa shape index (κ3) is 2.90. The second kappa shape index (κ2) is 5.51. The first-order chi connectivity index (χ1) is 9.11. The first kappa shape index (κ1) is 13.1. The van der Waals surface area contributed by atoms with Gasteiger partial charge in [0.1, 0.15) is 17.5 Å². The van der Waals surface area contributed by atoms with E-state index in [1.807, 2.05) is 0 Å². The Morgan fingerprint density at radius 1 is 1.47 bits per heavy atom. The molecule has 1 unspecified atom stereocenters. The van der Waals surface area contributed by atoms with Crippen molar-refractivity contribution >= 4 is 11.7 Å². The van der Waals surface area contributed by atoms with Gasteiger partial charge < -0.3 is 10.1 Å². The van der Waals surface area contributed by atoms with Crippen molar-refractivity contribution in [3.63, 3.8) is 0 Å². The summed E-state index contributed by atoms with van der Waals surface area (Å²) >= 11 is 0. The maximum Gasteiger partial charge on any atom is 0.327 e. The van der Waals surface area contributed by atoms with Gasteiger partial charge in [0.25, 0.3) is 0 Å². The molecule has 1 aromatic carbocycles. The number of esters is 1. The van der Waals surface area contributed by atoms with Gasteiger partial charge in [-0.2, -0.15) is 5.10 Å². The minimum absolute atomic E-state index is 0.348. The van der Waals surface area contributed by atoms with Crippen LogP contribution < -0.4 is 5.32 Å². The first-order valence-corrected chi connectivity index (χ1v) is 5.75. The molecule has 0 amide bonds. The van der Waals surface area contributed by atoms with Crippen LogP contribution in [0.4, 0.5) is 10.1 Å². The topological polar surface area (TPSA) is 56.1 Å². The molecule has 0 saturated carbocycles. The van der Waals surface area contributed by atoms with Gasteiger partial charge in [0.15, 0.2) is 0 Å². The van der Waals surface area contributed by atoms with Crippen LogP contribution in [0.15, 0.2) is 36.7 Å². The number of para-hydroxylation sites is 1. The zero-order valence-electron chi connectivity index (χ0n) is 10.6. The zero-order chi connectivity index (χ0) is 13.8. The molecule has 1 heterocycles. The molecule has 2 rings (SSSR count). The highest BCUT2D eigenvalue weighted by Crippen LogP contribution is 2.15. The molecular formula is C13H14FN3O2. The monoisotopic (exact) mass is 263 g/mol. The van der Waals surface area contributed by atoms with Gasteiger partial charge in [-0.3, -0.25) is 0 Å². The van der Waals surface area contributed by atoms with Crippen molar-refractivity contribution in [2.75, 3.05) is 12.4 Å². The molecule has 5 nitrogen and oxygen atoms in total. The van der Waals surface area contributed by atoms with E-state index >= 15 is 0 Å². The lowest BCUT2D eigenvalue weighted by atomic mass is 10.3. The van der Waals surface area contributed by atoms with E-state index in [2.05, 4.69) is 15.2 Å². The maximum atomic E-state index is 13.6. The zero-order valence-corrected chi connectivity index (χ0v) is 10.6. The Kier molecular flexibility index (Phi) is 3.79. The van der Waals surface area contributed by atoms with E-state index in [1.165, 1.54) is 24.1 Å². The summed E-state index contributed by atoms with van der Waals surface area (Å²) in [7, 11) is 1.32. The Labute approximate surface area is 110 Å². The van der Waals surface area contributed by atoms with Crippen molar-refractivity contribution < 1.29 is 13.9 Å². The largest absolute Gasteiger partial charge is 0.467 e. The molecule has 19 heavy (non-hydrogen) atoms. The van der Waals surface area contributed by atoms with E-state index < -0.39 is 6.04 Å². The summed E-state index contributed by atoms with van der Waals surface area (Å²) in [5.74, 6) is -0.739. The van der Waals surface area contributed by atoms with Crippen LogP contribution in [0, 0.1) is 5.82 Å². The van der Waals surface area contributed by atoms with Crippen molar-refractivity contribution in [2.24, 2.45) is 0 Å². The van der Waals surface area contributed by atoms with Gasteiger partial charge in [-0.1, -0.05) is 12.1 Å². The summed E-state index contributed by atoms with van der Waals surface area (Å²) in [4.78, 5) is 11.3. The molecule has 0 spiro atoms. The molecule has 6 heteroatoms. The van der Waals surface area contributed by atoms with E-state index in [4.69, 9.17) is 0 Å². The molecule has 1 N–H and O–H groups in total. The molecule has 0 radical (unpaired) electrons. The number of nitrogens with zero attached hydrogens (tertiary/aromatic N) is 2. The lowest BCUT2D eigenvalue weighted by molar-refractivity contribution is -0.141. The van der Waals surface area contributed by atoms with Crippen LogP contribution in [0.5, 0.6) is 0 Å². The molecule has 100 valence electrons. The minimum Gasteiger partial charge on any atom is -0.467 e. The van der Waals surface area contributed by atoms with Crippen LogP contribution in [0.1, 0.15) is 6.92 Å². The summed E-state index contributed by atoms with van der Waals surface area (Å²) < 4.78 is 19.6. The highest BCUT2D eigenvalue weighted by molar-refractivity contribution is 5.78. The number of nitrogens with one attached hydrogen (secondary N) is 1. The maximum absolute atomic E-state index is 13.6. The minimum atomic E-state index is -0.497. The molecule has 1 aromatic heterocycles. The van der Waals surface area contributed by atoms with Gasteiger partial charge in [0.2, 0.25) is 0 Å². The number of anilines is 1. The second-order valence-electron chi connectivity index (χ2n) is 4.01. The Balaban J connectivity index is 2.16. The Hall–Kier alpha value is -2.37. The number of aromatic nitrogens is 2. The standard InChI is InChI=1S/C13H14FN3O2/c1-9(13(18)19-2)16-10-7-15-17(8-10)12-6-4-3-5-11(12)14/h3-9,16H,1-2H3. The molecule has 1 atom stereocenters. The van der Waals surface area contributed by atoms with Gasteiger partial charge in [0.05, 0.1) is 25.2 Å². The summed E-state index contributed by atoms with van der Waals surface area (Å²) in [6.07, 6.45) is 3.13. The molecular weight excluding hydrogens is 249 g/mol. The quantitative estimate of drug-likeness (QED) is 0.857. The highest BCUT2D eigenvalue weighted by Gasteiger charge is 2.13. The van der Waals surface area contributed by atoms with Crippen LogP contribution >= 0.6 is 0 Å². The Morgan fingerprint density at radius 3 is 2.89 bits per heavy atom. The molecule has 0 aliphatic rings. The van der Waals surface area contributed by atoms with Crippen molar-refractivity contribution in [1.82, 2.24) is 9.78 Å². The number of methoxy groups -OCH3 is 1. The van der Waals surface area contributed by atoms with Gasteiger partial charge in [0, 0.05) is 0 Å². The average molecular weight is 263 g/mol. The van der Waals surface area contributed by atoms with Crippen LogP contribution in [-0.2, 0) is 9.53 Å². The number of carbonyl (C=O) groups excluding carboxylic acids is 1. The Bertz CT molecular complexity index is 583. The van der Waals surface area contributed by atoms with Crippen LogP contribution in [0.25, 0.3) is 5.69 Å². The predicted octanol–water partition coefficient (Wildman–Crippen LogP) is 1.98. The van der Waals surface area contributed by atoms with Crippen molar-refractivity contribution in [3.05, 3.63) is 42.5 Å². The number of carbonyl (C=O) groups is 1. The van der Waals surface area contributed by atoms with E-state index in [-0.39, 0.29) is 11.8 Å².